The third-order valence-electron chi connectivity index (χ3n) is 3.94. The topological polar surface area (TPSA) is 58.6 Å². The second kappa shape index (κ2) is 8.07. The molecule has 0 spiro atoms. The first-order valence-electron chi connectivity index (χ1n) is 8.13. The average Bonchev–Trinajstić information content (AvgIpc) is 3.06. The average molecular weight is 356 g/mol. The monoisotopic (exact) mass is 356 g/mol. The molecule has 0 saturated carbocycles. The number of anilines is 2. The molecule has 25 heavy (non-hydrogen) atoms. The SMILES string of the molecule is CSc1ccc(OCC(=O)Nc2cccc(N3CCCC3=O)c2)cc1. The Hall–Kier alpha value is -2.47. The first kappa shape index (κ1) is 17.4. The molecule has 0 aliphatic carbocycles. The molecule has 1 fully saturated rings. The summed E-state index contributed by atoms with van der Waals surface area (Å²) in [5.41, 5.74) is 1.47. The fourth-order valence-electron chi connectivity index (χ4n) is 2.69. The summed E-state index contributed by atoms with van der Waals surface area (Å²) in [6.07, 6.45) is 3.46. The second-order valence-electron chi connectivity index (χ2n) is 5.71. The van der Waals surface area contributed by atoms with Crippen LogP contribution in [0.25, 0.3) is 0 Å². The lowest BCUT2D eigenvalue weighted by atomic mass is 10.2. The van der Waals surface area contributed by atoms with Crippen LogP contribution in [0, 0.1) is 0 Å². The van der Waals surface area contributed by atoms with Gasteiger partial charge in [0.05, 0.1) is 0 Å². The van der Waals surface area contributed by atoms with Crippen LogP contribution >= 0.6 is 11.8 Å². The predicted molar refractivity (Wildman–Crippen MR) is 100 cm³/mol. The minimum Gasteiger partial charge on any atom is -0.484 e. The van der Waals surface area contributed by atoms with E-state index in [-0.39, 0.29) is 18.4 Å². The van der Waals surface area contributed by atoms with Crippen LogP contribution < -0.4 is 15.0 Å². The molecule has 2 aromatic carbocycles. The molecule has 6 heteroatoms. The van der Waals surface area contributed by atoms with Crippen molar-refractivity contribution in [3.63, 3.8) is 0 Å². The van der Waals surface area contributed by atoms with Crippen LogP contribution in [-0.4, -0.2) is 31.2 Å². The number of rotatable bonds is 6. The third-order valence-corrected chi connectivity index (χ3v) is 4.69. The molecule has 2 aromatic rings. The lowest BCUT2D eigenvalue weighted by molar-refractivity contribution is -0.118. The summed E-state index contributed by atoms with van der Waals surface area (Å²) in [7, 11) is 0. The number of nitrogens with zero attached hydrogens (tertiary/aromatic N) is 1. The maximum absolute atomic E-state index is 12.1. The van der Waals surface area contributed by atoms with Gasteiger partial charge >= 0.3 is 0 Å². The molecule has 1 heterocycles. The van der Waals surface area contributed by atoms with Crippen LogP contribution in [0.1, 0.15) is 12.8 Å². The van der Waals surface area contributed by atoms with Crippen molar-refractivity contribution in [3.8, 4) is 5.75 Å². The fourth-order valence-corrected chi connectivity index (χ4v) is 3.10. The zero-order chi connectivity index (χ0) is 17.6. The van der Waals surface area contributed by atoms with Gasteiger partial charge in [-0.05, 0) is 55.1 Å². The molecule has 3 rings (SSSR count). The highest BCUT2D eigenvalue weighted by atomic mass is 32.2. The Labute approximate surface area is 151 Å². The number of nitrogens with one attached hydrogen (secondary N) is 1. The Balaban J connectivity index is 1.56. The van der Waals surface area contributed by atoms with Crippen LogP contribution in [0.4, 0.5) is 11.4 Å². The maximum Gasteiger partial charge on any atom is 0.262 e. The van der Waals surface area contributed by atoms with Gasteiger partial charge in [-0.1, -0.05) is 6.07 Å². The van der Waals surface area contributed by atoms with Crippen molar-refractivity contribution in [3.05, 3.63) is 48.5 Å². The largest absolute Gasteiger partial charge is 0.484 e. The Morgan fingerprint density at radius 1 is 1.24 bits per heavy atom. The van der Waals surface area contributed by atoms with E-state index in [1.54, 1.807) is 22.7 Å². The Kier molecular flexibility index (Phi) is 5.60. The Morgan fingerprint density at radius 2 is 2.04 bits per heavy atom. The number of benzene rings is 2. The van der Waals surface area contributed by atoms with Gasteiger partial charge in [0.25, 0.3) is 5.91 Å². The molecule has 1 aliphatic heterocycles. The van der Waals surface area contributed by atoms with E-state index in [0.717, 1.165) is 23.5 Å². The van der Waals surface area contributed by atoms with Crippen molar-refractivity contribution in [2.24, 2.45) is 0 Å². The molecule has 0 radical (unpaired) electrons. The molecule has 0 bridgehead atoms. The van der Waals surface area contributed by atoms with E-state index in [4.69, 9.17) is 4.74 Å². The molecule has 1 aliphatic rings. The van der Waals surface area contributed by atoms with Gasteiger partial charge in [-0.15, -0.1) is 11.8 Å². The lowest BCUT2D eigenvalue weighted by Crippen LogP contribution is -2.24. The van der Waals surface area contributed by atoms with E-state index in [9.17, 15) is 9.59 Å². The van der Waals surface area contributed by atoms with Crippen LogP contribution in [-0.2, 0) is 9.59 Å². The van der Waals surface area contributed by atoms with E-state index in [0.29, 0.717) is 17.9 Å². The van der Waals surface area contributed by atoms with Crippen LogP contribution in [0.3, 0.4) is 0 Å². The van der Waals surface area contributed by atoms with Crippen LogP contribution in [0.15, 0.2) is 53.4 Å². The minimum absolute atomic E-state index is 0.0640. The molecule has 0 aromatic heterocycles. The molecule has 0 unspecified atom stereocenters. The van der Waals surface area contributed by atoms with E-state index in [1.807, 2.05) is 48.7 Å². The van der Waals surface area contributed by atoms with Crippen molar-refractivity contribution in [2.45, 2.75) is 17.7 Å². The lowest BCUT2D eigenvalue weighted by Gasteiger charge is -2.16. The number of carbonyl (C=O) groups is 2. The highest BCUT2D eigenvalue weighted by Crippen LogP contribution is 2.24. The van der Waals surface area contributed by atoms with Gasteiger partial charge in [0.1, 0.15) is 5.75 Å². The summed E-state index contributed by atoms with van der Waals surface area (Å²) in [4.78, 5) is 26.8. The van der Waals surface area contributed by atoms with Crippen molar-refractivity contribution in [2.75, 3.05) is 29.6 Å². The number of hydrogen-bond acceptors (Lipinski definition) is 4. The number of hydrogen-bond donors (Lipinski definition) is 1. The number of carbonyl (C=O) groups excluding carboxylic acids is 2. The normalized spacial score (nSPS) is 13.8. The first-order valence-corrected chi connectivity index (χ1v) is 9.35. The first-order chi connectivity index (χ1) is 12.2. The zero-order valence-corrected chi connectivity index (χ0v) is 14.8. The Morgan fingerprint density at radius 3 is 2.72 bits per heavy atom. The third kappa shape index (κ3) is 4.54. The summed E-state index contributed by atoms with van der Waals surface area (Å²) in [6.45, 7) is 0.664. The quantitative estimate of drug-likeness (QED) is 0.804. The van der Waals surface area contributed by atoms with Gasteiger partial charge in [-0.25, -0.2) is 0 Å². The number of amides is 2. The smallest absolute Gasteiger partial charge is 0.262 e. The van der Waals surface area contributed by atoms with Gasteiger partial charge < -0.3 is 15.0 Å². The summed E-state index contributed by atoms with van der Waals surface area (Å²) in [5, 5.41) is 2.81. The van der Waals surface area contributed by atoms with Crippen molar-refractivity contribution < 1.29 is 14.3 Å². The Bertz CT molecular complexity index is 762. The standard InChI is InChI=1S/C19H20N2O3S/c1-25-17-9-7-16(8-10-17)24-13-18(22)20-14-4-2-5-15(12-14)21-11-3-6-19(21)23/h2,4-5,7-10,12H,3,6,11,13H2,1H3,(H,20,22). The molecule has 1 saturated heterocycles. The molecule has 0 atom stereocenters. The van der Waals surface area contributed by atoms with E-state index in [1.165, 1.54) is 0 Å². The number of thioether (sulfide) groups is 1. The highest BCUT2D eigenvalue weighted by Gasteiger charge is 2.21. The van der Waals surface area contributed by atoms with Crippen LogP contribution in [0.5, 0.6) is 5.75 Å². The van der Waals surface area contributed by atoms with Gasteiger partial charge in [0.15, 0.2) is 6.61 Å². The molecule has 2 amide bonds. The summed E-state index contributed by atoms with van der Waals surface area (Å²) in [5.74, 6) is 0.545. The molecular formula is C19H20N2O3S. The van der Waals surface area contributed by atoms with E-state index >= 15 is 0 Å². The summed E-state index contributed by atoms with van der Waals surface area (Å²) in [6, 6.07) is 14.9. The number of ether oxygens (including phenoxy) is 1. The van der Waals surface area contributed by atoms with Gasteiger partial charge in [-0.2, -0.15) is 0 Å². The molecule has 1 N–H and O–H groups in total. The van der Waals surface area contributed by atoms with Gasteiger partial charge in [-0.3, -0.25) is 9.59 Å². The van der Waals surface area contributed by atoms with E-state index < -0.39 is 0 Å². The minimum atomic E-state index is -0.237. The zero-order valence-electron chi connectivity index (χ0n) is 14.0. The van der Waals surface area contributed by atoms with Crippen LogP contribution in [0.2, 0.25) is 0 Å². The summed E-state index contributed by atoms with van der Waals surface area (Å²) >= 11 is 1.65. The summed E-state index contributed by atoms with van der Waals surface area (Å²) < 4.78 is 5.50. The highest BCUT2D eigenvalue weighted by molar-refractivity contribution is 7.98. The molecule has 130 valence electrons. The van der Waals surface area contributed by atoms with Crippen molar-refractivity contribution >= 4 is 35.0 Å². The molecular weight excluding hydrogens is 336 g/mol. The van der Waals surface area contributed by atoms with Crippen molar-refractivity contribution in [1.29, 1.82) is 0 Å². The predicted octanol–water partition coefficient (Wildman–Crippen LogP) is 3.55. The van der Waals surface area contributed by atoms with E-state index in [2.05, 4.69) is 5.32 Å². The second-order valence-corrected chi connectivity index (χ2v) is 6.59. The van der Waals surface area contributed by atoms with Crippen molar-refractivity contribution in [1.82, 2.24) is 0 Å². The van der Waals surface area contributed by atoms with Gasteiger partial charge in [0.2, 0.25) is 5.91 Å². The molecule has 5 nitrogen and oxygen atoms in total. The fraction of sp³-hybridized carbons (Fsp3) is 0.263. The maximum atomic E-state index is 12.1. The van der Waals surface area contributed by atoms with Gasteiger partial charge in [0, 0.05) is 29.2 Å².